The molecule has 4 atom stereocenters. The van der Waals surface area contributed by atoms with Crippen LogP contribution in [0.2, 0.25) is 0 Å². The minimum Gasteiger partial charge on any atom is -0.465 e. The molecule has 3 aromatic rings. The normalized spacial score (nSPS) is 22.4. The molecule has 5 rings (SSSR count). The van der Waals surface area contributed by atoms with Gasteiger partial charge in [-0.15, -0.1) is 0 Å². The first-order valence-corrected chi connectivity index (χ1v) is 13.2. The predicted octanol–water partition coefficient (Wildman–Crippen LogP) is 5.45. The van der Waals surface area contributed by atoms with Crippen molar-refractivity contribution >= 4 is 22.6 Å². The molecule has 0 bridgehead atoms. The third-order valence-electron chi connectivity index (χ3n) is 8.35. The van der Waals surface area contributed by atoms with E-state index in [0.717, 1.165) is 34.0 Å². The molecule has 2 aliphatic rings. The van der Waals surface area contributed by atoms with Crippen molar-refractivity contribution in [1.82, 2.24) is 5.32 Å². The number of amides is 1. The zero-order chi connectivity index (χ0) is 26.0. The molecule has 1 aliphatic carbocycles. The number of hydrogen-bond donors (Lipinski definition) is 2. The van der Waals surface area contributed by atoms with Gasteiger partial charge in [0.1, 0.15) is 5.60 Å². The number of hydrogen-bond acceptors (Lipinski definition) is 4. The van der Waals surface area contributed by atoms with Crippen molar-refractivity contribution in [2.45, 2.75) is 57.0 Å². The van der Waals surface area contributed by atoms with E-state index >= 15 is 0 Å². The van der Waals surface area contributed by atoms with Crippen molar-refractivity contribution in [3.05, 3.63) is 95.7 Å². The van der Waals surface area contributed by atoms with Crippen molar-refractivity contribution in [2.24, 2.45) is 11.8 Å². The number of nitrogens with one attached hydrogen (secondary N) is 1. The van der Waals surface area contributed by atoms with E-state index in [4.69, 9.17) is 4.74 Å². The van der Waals surface area contributed by atoms with E-state index in [1.807, 2.05) is 54.6 Å². The summed E-state index contributed by atoms with van der Waals surface area (Å²) in [7, 11) is 0. The second-order valence-electron chi connectivity index (χ2n) is 11.0. The fourth-order valence-corrected chi connectivity index (χ4v) is 5.92. The first-order valence-electron chi connectivity index (χ1n) is 13.2. The summed E-state index contributed by atoms with van der Waals surface area (Å²) in [6.07, 6.45) is 4.29. The van der Waals surface area contributed by atoms with E-state index in [1.165, 1.54) is 0 Å². The zero-order valence-corrected chi connectivity index (χ0v) is 21.6. The largest absolute Gasteiger partial charge is 0.465 e. The van der Waals surface area contributed by atoms with Gasteiger partial charge in [-0.25, -0.2) is 0 Å². The lowest BCUT2D eigenvalue weighted by molar-refractivity contribution is -0.141. The van der Waals surface area contributed by atoms with Gasteiger partial charge in [-0.3, -0.25) is 9.59 Å². The highest BCUT2D eigenvalue weighted by molar-refractivity contribution is 5.88. The number of carbonyl (C=O) groups is 2. The zero-order valence-electron chi connectivity index (χ0n) is 21.6. The Balaban J connectivity index is 1.45. The summed E-state index contributed by atoms with van der Waals surface area (Å²) < 4.78 is 5.23. The van der Waals surface area contributed by atoms with Gasteiger partial charge in [0.2, 0.25) is 0 Å². The topological polar surface area (TPSA) is 75.6 Å². The van der Waals surface area contributed by atoms with Crippen molar-refractivity contribution in [1.29, 1.82) is 0 Å². The fraction of sp³-hybridized carbons (Fsp3) is 0.375. The summed E-state index contributed by atoms with van der Waals surface area (Å²) in [5.74, 6) is -0.600. The minimum atomic E-state index is -1.64. The van der Waals surface area contributed by atoms with Crippen LogP contribution in [0.25, 0.3) is 10.8 Å². The van der Waals surface area contributed by atoms with Crippen molar-refractivity contribution in [3.63, 3.8) is 0 Å². The number of fused-ring (bicyclic) bond motifs is 2. The van der Waals surface area contributed by atoms with Crippen LogP contribution in [0.1, 0.15) is 50.7 Å². The van der Waals surface area contributed by atoms with Crippen LogP contribution in [0, 0.1) is 11.8 Å². The molecule has 5 heteroatoms. The summed E-state index contributed by atoms with van der Waals surface area (Å²) in [6, 6.07) is 24.3. The van der Waals surface area contributed by atoms with Gasteiger partial charge in [0.15, 0.2) is 0 Å². The Morgan fingerprint density at radius 1 is 1.05 bits per heavy atom. The lowest BCUT2D eigenvalue weighted by atomic mass is 9.70. The summed E-state index contributed by atoms with van der Waals surface area (Å²) in [5, 5.41) is 17.4. The van der Waals surface area contributed by atoms with E-state index in [0.29, 0.717) is 19.4 Å². The maximum Gasteiger partial charge on any atom is 0.309 e. The van der Waals surface area contributed by atoms with E-state index < -0.39 is 16.9 Å². The van der Waals surface area contributed by atoms with Crippen LogP contribution in [0.5, 0.6) is 0 Å². The molecule has 1 saturated heterocycles. The maximum atomic E-state index is 13.9. The standard InChI is InChI=1S/C32H35NO4/c1-3-31(2,26-11-5-4-6-12-26)21-32(36,19-22-13-14-23-9-7-8-10-24(23)17-22)30(35)33-27-15-16-28-25(18-27)20-37-29(28)34/h4-15,17,25,28,36H,3,16,18-21H2,1-2H3,(H,33,35). The number of carbonyl (C=O) groups excluding carboxylic acids is 2. The number of allylic oxidation sites excluding steroid dienone is 2. The SMILES string of the molecule is CCC(C)(CC(O)(Cc1ccc2ccccc2c1)C(=O)NC1=CCC2C(=O)OCC2C1)c1ccccc1. The number of cyclic esters (lactones) is 1. The highest BCUT2D eigenvalue weighted by atomic mass is 16.5. The Morgan fingerprint density at radius 2 is 1.78 bits per heavy atom. The third-order valence-corrected chi connectivity index (χ3v) is 8.35. The highest BCUT2D eigenvalue weighted by Crippen LogP contribution is 2.39. The van der Waals surface area contributed by atoms with Crippen LogP contribution >= 0.6 is 0 Å². The molecular formula is C32H35NO4. The molecule has 0 aromatic heterocycles. The van der Waals surface area contributed by atoms with Crippen molar-refractivity contribution in [2.75, 3.05) is 6.61 Å². The molecule has 3 aromatic carbocycles. The van der Waals surface area contributed by atoms with Crippen molar-refractivity contribution < 1.29 is 19.4 Å². The number of esters is 1. The molecule has 2 N–H and O–H groups in total. The minimum absolute atomic E-state index is 0.0756. The number of rotatable bonds is 8. The first-order chi connectivity index (χ1) is 17.8. The number of benzene rings is 3. The number of aliphatic hydroxyl groups is 1. The Kier molecular flexibility index (Phi) is 6.91. The molecule has 0 spiro atoms. The van der Waals surface area contributed by atoms with Gasteiger partial charge >= 0.3 is 5.97 Å². The van der Waals surface area contributed by atoms with Gasteiger partial charge < -0.3 is 15.2 Å². The van der Waals surface area contributed by atoms with Gasteiger partial charge in [0.25, 0.3) is 5.91 Å². The monoisotopic (exact) mass is 497 g/mol. The maximum absolute atomic E-state index is 13.9. The molecule has 1 fully saturated rings. The molecular weight excluding hydrogens is 462 g/mol. The van der Waals surface area contributed by atoms with Gasteiger partial charge in [-0.2, -0.15) is 0 Å². The second kappa shape index (κ2) is 10.1. The average molecular weight is 498 g/mol. The first kappa shape index (κ1) is 25.2. The van der Waals surface area contributed by atoms with E-state index in [2.05, 4.69) is 43.4 Å². The van der Waals surface area contributed by atoms with Crippen LogP contribution in [0.15, 0.2) is 84.6 Å². The Labute approximate surface area is 218 Å². The molecule has 4 unspecified atom stereocenters. The third kappa shape index (κ3) is 5.19. The fourth-order valence-electron chi connectivity index (χ4n) is 5.92. The number of ether oxygens (including phenoxy) is 1. The molecule has 5 nitrogen and oxygen atoms in total. The van der Waals surface area contributed by atoms with Gasteiger partial charge in [0.05, 0.1) is 12.5 Å². The van der Waals surface area contributed by atoms with E-state index in [-0.39, 0.29) is 30.6 Å². The predicted molar refractivity (Wildman–Crippen MR) is 145 cm³/mol. The molecule has 192 valence electrons. The lowest BCUT2D eigenvalue weighted by Crippen LogP contribution is -2.52. The molecule has 1 amide bonds. The summed E-state index contributed by atoms with van der Waals surface area (Å²) in [6.45, 7) is 4.61. The van der Waals surface area contributed by atoms with Gasteiger partial charge in [0, 0.05) is 18.0 Å². The molecule has 0 radical (unpaired) electrons. The Hall–Kier alpha value is -3.44. The van der Waals surface area contributed by atoms with Crippen LogP contribution in [0.4, 0.5) is 0 Å². The smallest absolute Gasteiger partial charge is 0.309 e. The quantitative estimate of drug-likeness (QED) is 0.406. The van der Waals surface area contributed by atoms with Crippen LogP contribution < -0.4 is 5.32 Å². The summed E-state index contributed by atoms with van der Waals surface area (Å²) >= 11 is 0. The van der Waals surface area contributed by atoms with Gasteiger partial charge in [-0.05, 0) is 53.0 Å². The average Bonchev–Trinajstić information content (AvgIpc) is 3.28. The second-order valence-corrected chi connectivity index (χ2v) is 11.0. The Morgan fingerprint density at radius 3 is 2.54 bits per heavy atom. The lowest BCUT2D eigenvalue weighted by Gasteiger charge is -2.38. The summed E-state index contributed by atoms with van der Waals surface area (Å²) in [4.78, 5) is 25.8. The molecule has 1 aliphatic heterocycles. The van der Waals surface area contributed by atoms with E-state index in [1.54, 1.807) is 0 Å². The van der Waals surface area contributed by atoms with Crippen molar-refractivity contribution in [3.8, 4) is 0 Å². The van der Waals surface area contributed by atoms with Crippen LogP contribution in [0.3, 0.4) is 0 Å². The van der Waals surface area contributed by atoms with Crippen LogP contribution in [-0.2, 0) is 26.2 Å². The molecule has 0 saturated carbocycles. The van der Waals surface area contributed by atoms with Crippen LogP contribution in [-0.4, -0.2) is 29.2 Å². The molecule has 1 heterocycles. The summed E-state index contributed by atoms with van der Waals surface area (Å²) in [5.41, 5.74) is 0.739. The van der Waals surface area contributed by atoms with Gasteiger partial charge in [-0.1, -0.05) is 92.7 Å². The van der Waals surface area contributed by atoms with E-state index in [9.17, 15) is 14.7 Å². The highest BCUT2D eigenvalue weighted by Gasteiger charge is 2.44. The Bertz CT molecular complexity index is 1330. The molecule has 37 heavy (non-hydrogen) atoms.